The number of anilines is 1. The van der Waals surface area contributed by atoms with Crippen molar-refractivity contribution in [1.82, 2.24) is 24.7 Å². The minimum absolute atomic E-state index is 0.106. The summed E-state index contributed by atoms with van der Waals surface area (Å²) in [5.74, 6) is -1.08. The Labute approximate surface area is 217 Å². The molecule has 1 saturated carbocycles. The topological polar surface area (TPSA) is 160 Å². The van der Waals surface area contributed by atoms with Crippen LogP contribution in [0.25, 0.3) is 11.2 Å². The van der Waals surface area contributed by atoms with Gasteiger partial charge in [0.2, 0.25) is 7.44 Å². The first-order valence-corrected chi connectivity index (χ1v) is 14.4. The zero-order chi connectivity index (χ0) is 27.4. The van der Waals surface area contributed by atoms with Crippen molar-refractivity contribution in [2.45, 2.75) is 97.2 Å². The summed E-state index contributed by atoms with van der Waals surface area (Å²) >= 11 is 0. The summed E-state index contributed by atoms with van der Waals surface area (Å²) in [7, 11) is -3.67. The van der Waals surface area contributed by atoms with E-state index < -0.39 is 37.1 Å². The highest BCUT2D eigenvalue weighted by Gasteiger charge is 2.40. The predicted molar refractivity (Wildman–Crippen MR) is 140 cm³/mol. The van der Waals surface area contributed by atoms with E-state index in [2.05, 4.69) is 20.1 Å². The Bertz CT molecular complexity index is 1150. The van der Waals surface area contributed by atoms with Crippen LogP contribution in [0.4, 0.5) is 5.69 Å². The van der Waals surface area contributed by atoms with Gasteiger partial charge in [0.15, 0.2) is 5.65 Å². The highest BCUT2D eigenvalue weighted by Crippen LogP contribution is 2.40. The molecule has 2 aromatic heterocycles. The third-order valence-electron chi connectivity index (χ3n) is 5.93. The number of rotatable bonds is 13. The molecule has 2 aromatic rings. The van der Waals surface area contributed by atoms with Gasteiger partial charge in [0.05, 0.1) is 30.8 Å². The van der Waals surface area contributed by atoms with Crippen molar-refractivity contribution in [1.29, 1.82) is 0 Å². The van der Waals surface area contributed by atoms with Gasteiger partial charge in [0, 0.05) is 6.20 Å². The number of aromatic nitrogens is 3. The summed E-state index contributed by atoms with van der Waals surface area (Å²) in [6.45, 7) is 10.4. The van der Waals surface area contributed by atoms with Gasteiger partial charge in [-0.1, -0.05) is 0 Å². The molecule has 37 heavy (non-hydrogen) atoms. The predicted octanol–water partition coefficient (Wildman–Crippen LogP) is 2.96. The lowest BCUT2D eigenvalue weighted by molar-refractivity contribution is -0.154. The fourth-order valence-corrected chi connectivity index (χ4v) is 6.15. The average molecular weight is 539 g/mol. The van der Waals surface area contributed by atoms with Gasteiger partial charge in [-0.3, -0.25) is 14.2 Å². The third kappa shape index (κ3) is 7.73. The Morgan fingerprint density at radius 3 is 2.57 bits per heavy atom. The molecule has 0 saturated heterocycles. The Morgan fingerprint density at radius 1 is 1.24 bits per heavy atom. The van der Waals surface area contributed by atoms with E-state index in [1.807, 2.05) is 6.92 Å². The quantitative estimate of drug-likeness (QED) is 0.254. The van der Waals surface area contributed by atoms with Gasteiger partial charge in [-0.25, -0.2) is 20.1 Å². The van der Waals surface area contributed by atoms with E-state index in [4.69, 9.17) is 19.9 Å². The summed E-state index contributed by atoms with van der Waals surface area (Å²) < 4.78 is 32.6. The Morgan fingerprint density at radius 2 is 1.95 bits per heavy atom. The molecule has 1 aliphatic carbocycles. The number of pyridine rings is 1. The van der Waals surface area contributed by atoms with Crippen LogP contribution in [0, 0.1) is 0 Å². The molecule has 2 heterocycles. The van der Waals surface area contributed by atoms with Gasteiger partial charge >= 0.3 is 11.9 Å². The van der Waals surface area contributed by atoms with E-state index in [-0.39, 0.29) is 18.6 Å². The fourth-order valence-electron chi connectivity index (χ4n) is 3.76. The molecule has 1 aliphatic rings. The maximum absolute atomic E-state index is 14.1. The number of nitrogens with one attached hydrogen (secondary N) is 2. The van der Waals surface area contributed by atoms with Gasteiger partial charge in [0.25, 0.3) is 0 Å². The van der Waals surface area contributed by atoms with E-state index in [9.17, 15) is 14.2 Å². The average Bonchev–Trinajstić information content (AvgIpc) is 3.18. The van der Waals surface area contributed by atoms with Crippen LogP contribution in [-0.4, -0.2) is 62.7 Å². The number of carbonyl (C=O) groups is 2. The number of fused-ring (bicyclic) bond motifs is 1. The van der Waals surface area contributed by atoms with Crippen molar-refractivity contribution in [3.05, 3.63) is 18.6 Å². The van der Waals surface area contributed by atoms with E-state index in [0.29, 0.717) is 23.4 Å². The number of nitrogen functional groups attached to an aromatic ring is 1. The lowest BCUT2D eigenvalue weighted by Gasteiger charge is -2.33. The second-order valence-corrected chi connectivity index (χ2v) is 12.6. The van der Waals surface area contributed by atoms with Crippen molar-refractivity contribution >= 4 is 36.2 Å². The van der Waals surface area contributed by atoms with Crippen LogP contribution in [0.15, 0.2) is 18.6 Å². The Balaban J connectivity index is 1.71. The zero-order valence-corrected chi connectivity index (χ0v) is 23.3. The zero-order valence-electron chi connectivity index (χ0n) is 22.4. The monoisotopic (exact) mass is 538 g/mol. The molecule has 0 radical (unpaired) electrons. The van der Waals surface area contributed by atoms with Crippen molar-refractivity contribution in [2.24, 2.45) is 0 Å². The lowest BCUT2D eigenvalue weighted by atomic mass is 9.96. The minimum atomic E-state index is -3.67. The highest BCUT2D eigenvalue weighted by atomic mass is 31.2. The molecule has 12 nitrogen and oxygen atoms in total. The number of nitrogens with zero attached hydrogens (tertiary/aromatic N) is 3. The van der Waals surface area contributed by atoms with Crippen LogP contribution in [0.3, 0.4) is 0 Å². The molecule has 0 bridgehead atoms. The Kier molecular flexibility index (Phi) is 9.33. The summed E-state index contributed by atoms with van der Waals surface area (Å²) in [6.07, 6.45) is 4.73. The smallest absolute Gasteiger partial charge is 0.326 e. The van der Waals surface area contributed by atoms with Crippen LogP contribution >= 0.6 is 7.44 Å². The largest absolute Gasteiger partial charge is 0.462 e. The second-order valence-electron chi connectivity index (χ2n) is 10.3. The SMILES string of the molecule is CC(C)OC(=O)C(C)(C)NP(=O)(CO[C@H](C)Cn1cnc2c(N)ccnc21)N[C@H](C)C(=O)OC1CCC1. The number of esters is 2. The summed E-state index contributed by atoms with van der Waals surface area (Å²) in [6, 6.07) is 0.788. The van der Waals surface area contributed by atoms with E-state index >= 15 is 0 Å². The summed E-state index contributed by atoms with van der Waals surface area (Å²) in [5, 5.41) is 5.73. The van der Waals surface area contributed by atoms with Gasteiger partial charge in [-0.05, 0) is 66.9 Å². The van der Waals surface area contributed by atoms with Gasteiger partial charge in [-0.15, -0.1) is 0 Å². The van der Waals surface area contributed by atoms with Crippen molar-refractivity contribution < 1.29 is 28.4 Å². The van der Waals surface area contributed by atoms with Gasteiger partial charge in [0.1, 0.15) is 29.5 Å². The summed E-state index contributed by atoms with van der Waals surface area (Å²) in [4.78, 5) is 33.9. The molecule has 1 fully saturated rings. The molecule has 0 aromatic carbocycles. The van der Waals surface area contributed by atoms with Crippen molar-refractivity contribution in [2.75, 3.05) is 12.1 Å². The van der Waals surface area contributed by atoms with Crippen LogP contribution in [0.2, 0.25) is 0 Å². The van der Waals surface area contributed by atoms with Crippen molar-refractivity contribution in [3.8, 4) is 0 Å². The molecule has 206 valence electrons. The summed E-state index contributed by atoms with van der Waals surface area (Å²) in [5.41, 5.74) is 6.37. The van der Waals surface area contributed by atoms with Gasteiger partial charge < -0.3 is 24.5 Å². The maximum Gasteiger partial charge on any atom is 0.326 e. The number of ether oxygens (including phenoxy) is 3. The van der Waals surface area contributed by atoms with Crippen LogP contribution in [0.5, 0.6) is 0 Å². The van der Waals surface area contributed by atoms with Crippen LogP contribution in [-0.2, 0) is 34.9 Å². The molecule has 0 spiro atoms. The van der Waals surface area contributed by atoms with Crippen molar-refractivity contribution in [3.63, 3.8) is 0 Å². The van der Waals surface area contributed by atoms with Gasteiger partial charge in [-0.2, -0.15) is 0 Å². The lowest BCUT2D eigenvalue weighted by Crippen LogP contribution is -2.51. The molecular formula is C24H39N6O6P. The molecular weight excluding hydrogens is 499 g/mol. The normalized spacial score (nSPS) is 17.7. The first kappa shape index (κ1) is 29.0. The van der Waals surface area contributed by atoms with E-state index in [1.54, 1.807) is 57.8 Å². The number of hydrogen-bond donors (Lipinski definition) is 3. The molecule has 13 heteroatoms. The highest BCUT2D eigenvalue weighted by molar-refractivity contribution is 7.59. The minimum Gasteiger partial charge on any atom is -0.462 e. The molecule has 4 N–H and O–H groups in total. The number of hydrogen-bond acceptors (Lipinski definition) is 9. The van der Waals surface area contributed by atoms with Crippen LogP contribution < -0.4 is 15.9 Å². The second kappa shape index (κ2) is 11.9. The Hall–Kier alpha value is -2.53. The number of imidazole rings is 1. The fraction of sp³-hybridized carbons (Fsp3) is 0.667. The standard InChI is InChI=1S/C24H39N6O6P/c1-15(2)35-23(32)24(5,6)29-37(33,28-17(4)22(31)36-18-8-7-9-18)14-34-16(3)12-30-13-27-20-19(25)10-11-26-21(20)30/h10-11,13,15-18H,7-9,12,14H2,1-6H3,(H2,25,26)(H2,28,29,33)/t16-,17-,37?/m1/s1. The van der Waals surface area contributed by atoms with Crippen LogP contribution in [0.1, 0.15) is 60.8 Å². The number of carbonyl (C=O) groups excluding carboxylic acids is 2. The number of nitrogens with two attached hydrogens (primary N) is 1. The third-order valence-corrected chi connectivity index (χ3v) is 8.17. The first-order valence-electron chi connectivity index (χ1n) is 12.5. The molecule has 1 unspecified atom stereocenters. The molecule has 0 aliphatic heterocycles. The molecule has 3 atom stereocenters. The first-order chi connectivity index (χ1) is 17.3. The van der Waals surface area contributed by atoms with E-state index in [1.165, 1.54) is 0 Å². The molecule has 0 amide bonds. The molecule has 3 rings (SSSR count). The van der Waals surface area contributed by atoms with E-state index in [0.717, 1.165) is 19.3 Å². The maximum atomic E-state index is 14.1.